The van der Waals surface area contributed by atoms with Crippen LogP contribution in [0.15, 0.2) is 29.6 Å². The first kappa shape index (κ1) is 11.1. The van der Waals surface area contributed by atoms with E-state index in [1.165, 1.54) is 18.4 Å². The van der Waals surface area contributed by atoms with Crippen LogP contribution in [-0.4, -0.2) is 7.11 Å². The van der Waals surface area contributed by atoms with Crippen LogP contribution in [0.2, 0.25) is 0 Å². The van der Waals surface area contributed by atoms with Crippen molar-refractivity contribution in [1.82, 2.24) is 0 Å². The predicted octanol–water partition coefficient (Wildman–Crippen LogP) is 3.02. The van der Waals surface area contributed by atoms with Gasteiger partial charge in [0.2, 0.25) is 0 Å². The first-order chi connectivity index (χ1) is 7.77. The van der Waals surface area contributed by atoms with Crippen molar-refractivity contribution in [3.05, 3.63) is 40.3 Å². The SMILES string of the molecule is COc1cccc(-c2ccsc2CN)c1F. The van der Waals surface area contributed by atoms with E-state index in [9.17, 15) is 4.39 Å². The van der Waals surface area contributed by atoms with Gasteiger partial charge in [-0.05, 0) is 23.1 Å². The van der Waals surface area contributed by atoms with Crippen molar-refractivity contribution in [2.75, 3.05) is 7.11 Å². The molecule has 84 valence electrons. The van der Waals surface area contributed by atoms with Gasteiger partial charge in [0.1, 0.15) is 0 Å². The molecule has 1 aromatic heterocycles. The monoisotopic (exact) mass is 237 g/mol. The van der Waals surface area contributed by atoms with Crippen LogP contribution in [0.25, 0.3) is 11.1 Å². The van der Waals surface area contributed by atoms with Crippen LogP contribution in [0, 0.1) is 5.82 Å². The van der Waals surface area contributed by atoms with Gasteiger partial charge in [0.05, 0.1) is 7.11 Å². The highest BCUT2D eigenvalue weighted by Crippen LogP contribution is 2.33. The average Bonchev–Trinajstić information content (AvgIpc) is 2.77. The van der Waals surface area contributed by atoms with Crippen LogP contribution in [0.3, 0.4) is 0 Å². The lowest BCUT2D eigenvalue weighted by molar-refractivity contribution is 0.387. The Morgan fingerprint density at radius 2 is 2.12 bits per heavy atom. The fourth-order valence-corrected chi connectivity index (χ4v) is 2.38. The van der Waals surface area contributed by atoms with Crippen LogP contribution in [0.1, 0.15) is 4.88 Å². The van der Waals surface area contributed by atoms with Gasteiger partial charge in [0.15, 0.2) is 11.6 Å². The third kappa shape index (κ3) is 1.81. The molecule has 0 radical (unpaired) electrons. The number of thiophene rings is 1. The molecule has 2 aromatic rings. The lowest BCUT2D eigenvalue weighted by Crippen LogP contribution is -1.96. The number of halogens is 1. The molecular formula is C12H12FNOS. The molecule has 2 N–H and O–H groups in total. The van der Waals surface area contributed by atoms with Gasteiger partial charge in [-0.25, -0.2) is 4.39 Å². The molecule has 0 aliphatic carbocycles. The molecule has 0 spiro atoms. The van der Waals surface area contributed by atoms with Crippen molar-refractivity contribution in [3.8, 4) is 16.9 Å². The largest absolute Gasteiger partial charge is 0.494 e. The second-order valence-electron chi connectivity index (χ2n) is 3.28. The maximum absolute atomic E-state index is 14.0. The molecule has 0 aliphatic rings. The van der Waals surface area contributed by atoms with E-state index in [4.69, 9.17) is 10.5 Å². The van der Waals surface area contributed by atoms with E-state index in [-0.39, 0.29) is 11.6 Å². The molecule has 2 nitrogen and oxygen atoms in total. The summed E-state index contributed by atoms with van der Waals surface area (Å²) in [4.78, 5) is 0.979. The standard InChI is InChI=1S/C12H12FNOS/c1-15-10-4-2-3-9(12(10)13)8-5-6-16-11(8)7-14/h2-6H,7,14H2,1H3. The normalized spacial score (nSPS) is 10.4. The zero-order valence-corrected chi connectivity index (χ0v) is 9.68. The summed E-state index contributed by atoms with van der Waals surface area (Å²) >= 11 is 1.53. The lowest BCUT2D eigenvalue weighted by Gasteiger charge is -2.07. The van der Waals surface area contributed by atoms with Crippen molar-refractivity contribution < 1.29 is 9.13 Å². The van der Waals surface area contributed by atoms with Gasteiger partial charge in [0.25, 0.3) is 0 Å². The van der Waals surface area contributed by atoms with Crippen LogP contribution in [-0.2, 0) is 6.54 Å². The first-order valence-electron chi connectivity index (χ1n) is 4.87. The number of rotatable bonds is 3. The molecule has 0 bridgehead atoms. The number of benzene rings is 1. The Bertz CT molecular complexity index is 496. The molecular weight excluding hydrogens is 225 g/mol. The van der Waals surface area contributed by atoms with Crippen LogP contribution < -0.4 is 10.5 Å². The van der Waals surface area contributed by atoms with E-state index >= 15 is 0 Å². The van der Waals surface area contributed by atoms with Crippen molar-refractivity contribution in [3.63, 3.8) is 0 Å². The third-order valence-electron chi connectivity index (χ3n) is 2.40. The highest BCUT2D eigenvalue weighted by molar-refractivity contribution is 7.10. The number of ether oxygens (including phenoxy) is 1. The molecule has 0 amide bonds. The Kier molecular flexibility index (Phi) is 3.22. The predicted molar refractivity (Wildman–Crippen MR) is 64.2 cm³/mol. The summed E-state index contributed by atoms with van der Waals surface area (Å²) in [5.74, 6) is -0.0789. The molecule has 0 fully saturated rings. The minimum Gasteiger partial charge on any atom is -0.494 e. The zero-order valence-electron chi connectivity index (χ0n) is 8.87. The number of methoxy groups -OCH3 is 1. The molecule has 2 rings (SSSR count). The fourth-order valence-electron chi connectivity index (χ4n) is 1.62. The van der Waals surface area contributed by atoms with Gasteiger partial charge >= 0.3 is 0 Å². The molecule has 0 atom stereocenters. The maximum Gasteiger partial charge on any atom is 0.172 e. The molecule has 1 heterocycles. The van der Waals surface area contributed by atoms with Gasteiger partial charge in [-0.15, -0.1) is 11.3 Å². The van der Waals surface area contributed by atoms with E-state index in [1.54, 1.807) is 18.2 Å². The Hall–Kier alpha value is -1.39. The fraction of sp³-hybridized carbons (Fsp3) is 0.167. The summed E-state index contributed by atoms with van der Waals surface area (Å²) in [7, 11) is 1.46. The summed E-state index contributed by atoms with van der Waals surface area (Å²) in [6, 6.07) is 6.99. The second-order valence-corrected chi connectivity index (χ2v) is 4.28. The molecule has 16 heavy (non-hydrogen) atoms. The second kappa shape index (κ2) is 4.63. The van der Waals surface area contributed by atoms with Crippen molar-refractivity contribution in [2.45, 2.75) is 6.54 Å². The summed E-state index contributed by atoms with van der Waals surface area (Å²) < 4.78 is 18.9. The smallest absolute Gasteiger partial charge is 0.172 e. The lowest BCUT2D eigenvalue weighted by atomic mass is 10.1. The van der Waals surface area contributed by atoms with Gasteiger partial charge < -0.3 is 10.5 Å². The van der Waals surface area contributed by atoms with Gasteiger partial charge in [-0.2, -0.15) is 0 Å². The number of nitrogens with two attached hydrogens (primary N) is 1. The zero-order chi connectivity index (χ0) is 11.5. The highest BCUT2D eigenvalue weighted by Gasteiger charge is 2.13. The summed E-state index contributed by atoms with van der Waals surface area (Å²) in [6.45, 7) is 0.420. The number of hydrogen-bond donors (Lipinski definition) is 1. The minimum absolute atomic E-state index is 0.256. The molecule has 0 unspecified atom stereocenters. The van der Waals surface area contributed by atoms with Crippen LogP contribution >= 0.6 is 11.3 Å². The number of hydrogen-bond acceptors (Lipinski definition) is 3. The Morgan fingerprint density at radius 1 is 1.31 bits per heavy atom. The van der Waals surface area contributed by atoms with E-state index < -0.39 is 0 Å². The summed E-state index contributed by atoms with van der Waals surface area (Å²) in [5, 5.41) is 1.91. The van der Waals surface area contributed by atoms with E-state index in [1.807, 2.05) is 11.4 Å². The van der Waals surface area contributed by atoms with Crippen LogP contribution in [0.5, 0.6) is 5.75 Å². The van der Waals surface area contributed by atoms with Crippen LogP contribution in [0.4, 0.5) is 4.39 Å². The molecule has 4 heteroatoms. The topological polar surface area (TPSA) is 35.2 Å². The van der Waals surface area contributed by atoms with Gasteiger partial charge in [0, 0.05) is 17.0 Å². The summed E-state index contributed by atoms with van der Waals surface area (Å²) in [5.41, 5.74) is 7.00. The molecule has 0 saturated carbocycles. The molecule has 0 saturated heterocycles. The van der Waals surface area contributed by atoms with Crippen molar-refractivity contribution >= 4 is 11.3 Å². The van der Waals surface area contributed by atoms with E-state index in [0.717, 1.165) is 10.4 Å². The molecule has 1 aromatic carbocycles. The quantitative estimate of drug-likeness (QED) is 0.890. The minimum atomic E-state index is -0.335. The van der Waals surface area contributed by atoms with Gasteiger partial charge in [-0.3, -0.25) is 0 Å². The molecule has 0 aliphatic heterocycles. The van der Waals surface area contributed by atoms with Gasteiger partial charge in [-0.1, -0.05) is 12.1 Å². The first-order valence-corrected chi connectivity index (χ1v) is 5.75. The van der Waals surface area contributed by atoms with Crippen molar-refractivity contribution in [1.29, 1.82) is 0 Å². The summed E-state index contributed by atoms with van der Waals surface area (Å²) in [6.07, 6.45) is 0. The Balaban J connectivity index is 2.56. The Morgan fingerprint density at radius 3 is 2.81 bits per heavy atom. The van der Waals surface area contributed by atoms with E-state index in [2.05, 4.69) is 0 Å². The van der Waals surface area contributed by atoms with Crippen molar-refractivity contribution in [2.24, 2.45) is 5.73 Å². The highest BCUT2D eigenvalue weighted by atomic mass is 32.1. The average molecular weight is 237 g/mol. The maximum atomic E-state index is 14.0. The Labute approximate surface area is 97.5 Å². The third-order valence-corrected chi connectivity index (χ3v) is 3.35. The van der Waals surface area contributed by atoms with E-state index in [0.29, 0.717) is 12.1 Å².